The maximum atomic E-state index is 5.40. The minimum absolute atomic E-state index is 0.747. The number of likely N-dealkylation sites (N-methyl/N-ethyl adjacent to an activating group) is 1. The molecule has 0 aliphatic carbocycles. The Morgan fingerprint density at radius 1 is 1.73 bits per heavy atom. The first-order valence-corrected chi connectivity index (χ1v) is 3.97. The Labute approximate surface area is 67.6 Å². The van der Waals surface area contributed by atoms with Gasteiger partial charge in [-0.15, -0.1) is 0 Å². The first kappa shape index (κ1) is 8.27. The number of aliphatic imine (C=N–C) groups is 1. The Bertz CT molecular complexity index is 172. The summed E-state index contributed by atoms with van der Waals surface area (Å²) in [6, 6.07) is 0. The minimum atomic E-state index is 0.747. The van der Waals surface area contributed by atoms with E-state index >= 15 is 0 Å². The lowest BCUT2D eigenvalue weighted by atomic mass is 10.2. The van der Waals surface area contributed by atoms with E-state index in [9.17, 15) is 0 Å². The van der Waals surface area contributed by atoms with E-state index in [1.54, 1.807) is 0 Å². The second-order valence-corrected chi connectivity index (χ2v) is 2.70. The van der Waals surface area contributed by atoms with E-state index < -0.39 is 0 Å². The van der Waals surface area contributed by atoms with Gasteiger partial charge >= 0.3 is 0 Å². The third kappa shape index (κ3) is 2.35. The predicted octanol–water partition coefficient (Wildman–Crippen LogP) is 0.583. The summed E-state index contributed by atoms with van der Waals surface area (Å²) in [7, 11) is 2.05. The Morgan fingerprint density at radius 3 is 3.18 bits per heavy atom. The van der Waals surface area contributed by atoms with Gasteiger partial charge in [-0.25, -0.2) is 4.99 Å². The molecule has 0 radical (unpaired) electrons. The van der Waals surface area contributed by atoms with Crippen LogP contribution >= 0.6 is 0 Å². The molecular formula is C8H15N3. The summed E-state index contributed by atoms with van der Waals surface area (Å²) in [5.41, 5.74) is 5.40. The molecule has 0 saturated carbocycles. The molecule has 3 nitrogen and oxygen atoms in total. The fourth-order valence-corrected chi connectivity index (χ4v) is 1.06. The van der Waals surface area contributed by atoms with E-state index in [1.807, 2.05) is 12.3 Å². The molecule has 3 heteroatoms. The number of hydrogen-bond acceptors (Lipinski definition) is 3. The highest BCUT2D eigenvalue weighted by atomic mass is 15.2. The summed E-state index contributed by atoms with van der Waals surface area (Å²) in [5, 5.41) is 0. The Balaban J connectivity index is 2.40. The van der Waals surface area contributed by atoms with Gasteiger partial charge in [-0.2, -0.15) is 0 Å². The van der Waals surface area contributed by atoms with Gasteiger partial charge in [0, 0.05) is 26.2 Å². The molecule has 0 unspecified atom stereocenters. The minimum Gasteiger partial charge on any atom is -0.359 e. The van der Waals surface area contributed by atoms with Gasteiger partial charge in [-0.05, 0) is 19.0 Å². The third-order valence-corrected chi connectivity index (χ3v) is 1.75. The summed E-state index contributed by atoms with van der Waals surface area (Å²) < 4.78 is 0. The van der Waals surface area contributed by atoms with Crippen molar-refractivity contribution in [2.75, 3.05) is 20.1 Å². The topological polar surface area (TPSA) is 41.6 Å². The van der Waals surface area contributed by atoms with Crippen molar-refractivity contribution in [1.82, 2.24) is 4.90 Å². The van der Waals surface area contributed by atoms with Gasteiger partial charge in [0.25, 0.3) is 0 Å². The lowest BCUT2D eigenvalue weighted by Crippen LogP contribution is -2.28. The summed E-state index contributed by atoms with van der Waals surface area (Å²) >= 11 is 0. The molecule has 0 aromatic carbocycles. The molecule has 1 aliphatic rings. The van der Waals surface area contributed by atoms with Crippen LogP contribution in [0, 0.1) is 0 Å². The largest absolute Gasteiger partial charge is 0.359 e. The monoisotopic (exact) mass is 153 g/mol. The van der Waals surface area contributed by atoms with Gasteiger partial charge in [0.2, 0.25) is 0 Å². The van der Waals surface area contributed by atoms with Gasteiger partial charge in [0.05, 0.1) is 0 Å². The summed E-state index contributed by atoms with van der Waals surface area (Å²) in [4.78, 5) is 6.40. The first-order chi connectivity index (χ1) is 5.34. The number of rotatable bonds is 3. The van der Waals surface area contributed by atoms with Crippen LogP contribution in [0.4, 0.5) is 0 Å². The van der Waals surface area contributed by atoms with Crippen LogP contribution in [-0.4, -0.2) is 30.9 Å². The zero-order chi connectivity index (χ0) is 8.10. The number of nitrogens with zero attached hydrogens (tertiary/aromatic N) is 2. The fraction of sp³-hybridized carbons (Fsp3) is 0.625. The van der Waals surface area contributed by atoms with Crippen molar-refractivity contribution in [2.45, 2.75) is 12.8 Å². The highest BCUT2D eigenvalue weighted by Crippen LogP contribution is 2.02. The molecule has 0 bridgehead atoms. The van der Waals surface area contributed by atoms with Crippen molar-refractivity contribution >= 4 is 5.84 Å². The van der Waals surface area contributed by atoms with Crippen molar-refractivity contribution in [2.24, 2.45) is 10.7 Å². The molecule has 62 valence electrons. The Hall–Kier alpha value is -0.830. The second kappa shape index (κ2) is 4.13. The SMILES string of the molecule is CN1CC=CN=C1CCCN. The van der Waals surface area contributed by atoms with Crippen molar-refractivity contribution in [3.05, 3.63) is 12.3 Å². The van der Waals surface area contributed by atoms with Crippen LogP contribution in [0.15, 0.2) is 17.3 Å². The zero-order valence-corrected chi connectivity index (χ0v) is 6.95. The van der Waals surface area contributed by atoms with E-state index in [1.165, 1.54) is 0 Å². The Kier molecular flexibility index (Phi) is 3.11. The molecule has 2 N–H and O–H groups in total. The number of amidine groups is 1. The van der Waals surface area contributed by atoms with E-state index in [0.717, 1.165) is 31.8 Å². The number of hydrogen-bond donors (Lipinski definition) is 1. The molecular weight excluding hydrogens is 138 g/mol. The van der Waals surface area contributed by atoms with Crippen LogP contribution in [0.3, 0.4) is 0 Å². The van der Waals surface area contributed by atoms with E-state index in [4.69, 9.17) is 5.73 Å². The Morgan fingerprint density at radius 2 is 2.55 bits per heavy atom. The highest BCUT2D eigenvalue weighted by molar-refractivity contribution is 5.83. The van der Waals surface area contributed by atoms with Crippen molar-refractivity contribution in [1.29, 1.82) is 0 Å². The maximum absolute atomic E-state index is 5.40. The van der Waals surface area contributed by atoms with Crippen LogP contribution in [0.25, 0.3) is 0 Å². The van der Waals surface area contributed by atoms with Crippen LogP contribution in [-0.2, 0) is 0 Å². The average molecular weight is 153 g/mol. The van der Waals surface area contributed by atoms with E-state index in [0.29, 0.717) is 0 Å². The normalized spacial score (nSPS) is 16.9. The molecule has 1 rings (SSSR count). The molecule has 0 aromatic heterocycles. The quantitative estimate of drug-likeness (QED) is 0.644. The van der Waals surface area contributed by atoms with Crippen LogP contribution < -0.4 is 5.73 Å². The lowest BCUT2D eigenvalue weighted by molar-refractivity contribution is 0.537. The zero-order valence-electron chi connectivity index (χ0n) is 6.95. The van der Waals surface area contributed by atoms with Crippen molar-refractivity contribution in [3.63, 3.8) is 0 Å². The average Bonchev–Trinajstić information content (AvgIpc) is 2.03. The van der Waals surface area contributed by atoms with Gasteiger partial charge in [0.1, 0.15) is 5.84 Å². The molecule has 0 atom stereocenters. The molecule has 0 saturated heterocycles. The number of nitrogens with two attached hydrogens (primary N) is 1. The van der Waals surface area contributed by atoms with Gasteiger partial charge in [-0.3, -0.25) is 0 Å². The molecule has 0 fully saturated rings. The van der Waals surface area contributed by atoms with Gasteiger partial charge in [-0.1, -0.05) is 0 Å². The summed E-state index contributed by atoms with van der Waals surface area (Å²) in [5.74, 6) is 1.15. The lowest BCUT2D eigenvalue weighted by Gasteiger charge is -2.21. The summed E-state index contributed by atoms with van der Waals surface area (Å²) in [6.45, 7) is 1.72. The van der Waals surface area contributed by atoms with Gasteiger partial charge in [0.15, 0.2) is 0 Å². The second-order valence-electron chi connectivity index (χ2n) is 2.70. The van der Waals surface area contributed by atoms with Crippen LogP contribution in [0.1, 0.15) is 12.8 Å². The predicted molar refractivity (Wildman–Crippen MR) is 47.5 cm³/mol. The highest BCUT2D eigenvalue weighted by Gasteiger charge is 2.05. The molecule has 1 aliphatic heterocycles. The van der Waals surface area contributed by atoms with E-state index in [2.05, 4.69) is 16.9 Å². The maximum Gasteiger partial charge on any atom is 0.104 e. The van der Waals surface area contributed by atoms with E-state index in [-0.39, 0.29) is 0 Å². The standard InChI is InChI=1S/C8H15N3/c1-11-7-3-6-10-8(11)4-2-5-9/h3,6H,2,4-5,7,9H2,1H3. The first-order valence-electron chi connectivity index (χ1n) is 3.97. The molecule has 11 heavy (non-hydrogen) atoms. The fourth-order valence-electron chi connectivity index (χ4n) is 1.06. The van der Waals surface area contributed by atoms with Crippen molar-refractivity contribution < 1.29 is 0 Å². The third-order valence-electron chi connectivity index (χ3n) is 1.75. The van der Waals surface area contributed by atoms with Crippen molar-refractivity contribution in [3.8, 4) is 0 Å². The van der Waals surface area contributed by atoms with Gasteiger partial charge < -0.3 is 10.6 Å². The smallest absolute Gasteiger partial charge is 0.104 e. The molecule has 0 amide bonds. The molecule has 0 aromatic rings. The molecule has 1 heterocycles. The summed E-state index contributed by atoms with van der Waals surface area (Å²) in [6.07, 6.45) is 5.94. The molecule has 0 spiro atoms. The van der Waals surface area contributed by atoms with Crippen LogP contribution in [0.2, 0.25) is 0 Å². The van der Waals surface area contributed by atoms with Crippen LogP contribution in [0.5, 0.6) is 0 Å².